The molecule has 0 bridgehead atoms. The first-order chi connectivity index (χ1) is 13.6. The standard InChI is InChI=1S/C23H23N3OS/c1-5-27-18-8-6-17(7-9-18)19-12-28-23-20(19)22(24-13-25-23)26-21-15(3)10-14(2)11-16(21)4/h6-13H,5H2,1-4H3,(H,24,25,26). The summed E-state index contributed by atoms with van der Waals surface area (Å²) < 4.78 is 5.57. The number of thiophene rings is 1. The van der Waals surface area contributed by atoms with Gasteiger partial charge in [-0.15, -0.1) is 11.3 Å². The topological polar surface area (TPSA) is 47.0 Å². The van der Waals surface area contributed by atoms with Gasteiger partial charge in [-0.05, 0) is 56.5 Å². The maximum atomic E-state index is 5.57. The Morgan fingerprint density at radius 1 is 1.00 bits per heavy atom. The normalized spacial score (nSPS) is 11.0. The molecular weight excluding hydrogens is 366 g/mol. The van der Waals surface area contributed by atoms with Crippen LogP contribution in [0.25, 0.3) is 21.3 Å². The molecule has 1 N–H and O–H groups in total. The molecule has 2 aromatic heterocycles. The molecule has 2 heterocycles. The molecule has 0 saturated heterocycles. The summed E-state index contributed by atoms with van der Waals surface area (Å²) in [6.07, 6.45) is 1.63. The lowest BCUT2D eigenvalue weighted by atomic mass is 10.0. The summed E-state index contributed by atoms with van der Waals surface area (Å²) in [5.41, 5.74) is 7.05. The third-order valence-corrected chi connectivity index (χ3v) is 5.65. The third kappa shape index (κ3) is 3.45. The monoisotopic (exact) mass is 389 g/mol. The summed E-state index contributed by atoms with van der Waals surface area (Å²) in [6.45, 7) is 9.03. The Kier molecular flexibility index (Phi) is 5.01. The van der Waals surface area contributed by atoms with Gasteiger partial charge >= 0.3 is 0 Å². The van der Waals surface area contributed by atoms with Crippen LogP contribution in [0, 0.1) is 20.8 Å². The molecule has 0 amide bonds. The summed E-state index contributed by atoms with van der Waals surface area (Å²) in [5, 5.41) is 6.77. The molecule has 28 heavy (non-hydrogen) atoms. The van der Waals surface area contributed by atoms with Crippen molar-refractivity contribution >= 4 is 33.1 Å². The molecule has 0 fully saturated rings. The van der Waals surface area contributed by atoms with Gasteiger partial charge in [-0.25, -0.2) is 9.97 Å². The van der Waals surface area contributed by atoms with Crippen LogP contribution in [-0.2, 0) is 0 Å². The SMILES string of the molecule is CCOc1ccc(-c2csc3ncnc(Nc4c(C)cc(C)cc4C)c23)cc1. The van der Waals surface area contributed by atoms with Crippen molar-refractivity contribution < 1.29 is 4.74 Å². The zero-order valence-corrected chi connectivity index (χ0v) is 17.4. The van der Waals surface area contributed by atoms with Crippen molar-refractivity contribution in [3.63, 3.8) is 0 Å². The van der Waals surface area contributed by atoms with Gasteiger partial charge in [0.2, 0.25) is 0 Å². The highest BCUT2D eigenvalue weighted by molar-refractivity contribution is 7.17. The molecule has 0 atom stereocenters. The van der Waals surface area contributed by atoms with Crippen molar-refractivity contribution in [2.75, 3.05) is 11.9 Å². The van der Waals surface area contributed by atoms with Crippen molar-refractivity contribution in [1.82, 2.24) is 9.97 Å². The molecule has 142 valence electrons. The van der Waals surface area contributed by atoms with E-state index in [1.54, 1.807) is 17.7 Å². The van der Waals surface area contributed by atoms with Gasteiger partial charge < -0.3 is 10.1 Å². The fourth-order valence-electron chi connectivity index (χ4n) is 3.58. The van der Waals surface area contributed by atoms with E-state index in [-0.39, 0.29) is 0 Å². The lowest BCUT2D eigenvalue weighted by Gasteiger charge is -2.14. The molecule has 2 aromatic carbocycles. The average molecular weight is 390 g/mol. The Labute approximate surface area is 169 Å². The second-order valence-corrected chi connectivity index (χ2v) is 7.77. The fourth-order valence-corrected chi connectivity index (χ4v) is 4.49. The van der Waals surface area contributed by atoms with Crippen LogP contribution in [0.2, 0.25) is 0 Å². The number of nitrogens with zero attached hydrogens (tertiary/aromatic N) is 2. The van der Waals surface area contributed by atoms with Gasteiger partial charge in [0.05, 0.1) is 12.0 Å². The molecule has 0 radical (unpaired) electrons. The number of fused-ring (bicyclic) bond motifs is 1. The number of rotatable bonds is 5. The largest absolute Gasteiger partial charge is 0.494 e. The highest BCUT2D eigenvalue weighted by atomic mass is 32.1. The first-order valence-electron chi connectivity index (χ1n) is 9.37. The van der Waals surface area contributed by atoms with E-state index in [9.17, 15) is 0 Å². The van der Waals surface area contributed by atoms with E-state index in [0.717, 1.165) is 38.6 Å². The number of aryl methyl sites for hydroxylation is 3. The molecule has 0 saturated carbocycles. The average Bonchev–Trinajstić information content (AvgIpc) is 3.10. The summed E-state index contributed by atoms with van der Waals surface area (Å²) in [7, 11) is 0. The van der Waals surface area contributed by atoms with Crippen LogP contribution in [-0.4, -0.2) is 16.6 Å². The Morgan fingerprint density at radius 2 is 1.71 bits per heavy atom. The van der Waals surface area contributed by atoms with Gasteiger partial charge in [-0.3, -0.25) is 0 Å². The number of aromatic nitrogens is 2. The zero-order valence-electron chi connectivity index (χ0n) is 16.5. The predicted octanol–water partition coefficient (Wildman–Crippen LogP) is 6.43. The van der Waals surface area contributed by atoms with Gasteiger partial charge in [0.15, 0.2) is 0 Å². The lowest BCUT2D eigenvalue weighted by Crippen LogP contribution is -2.00. The van der Waals surface area contributed by atoms with Crippen molar-refractivity contribution in [1.29, 1.82) is 0 Å². The lowest BCUT2D eigenvalue weighted by molar-refractivity contribution is 0.340. The van der Waals surface area contributed by atoms with E-state index in [2.05, 4.69) is 65.7 Å². The van der Waals surface area contributed by atoms with Gasteiger partial charge in [-0.1, -0.05) is 29.8 Å². The van der Waals surface area contributed by atoms with E-state index in [1.165, 1.54) is 16.7 Å². The molecule has 0 aliphatic rings. The maximum Gasteiger partial charge on any atom is 0.143 e. The minimum absolute atomic E-state index is 0.665. The molecule has 0 unspecified atom stereocenters. The number of nitrogens with one attached hydrogen (secondary N) is 1. The maximum absolute atomic E-state index is 5.57. The van der Waals surface area contributed by atoms with Crippen molar-refractivity contribution in [3.05, 3.63) is 64.8 Å². The molecule has 4 aromatic rings. The second-order valence-electron chi connectivity index (χ2n) is 6.91. The summed E-state index contributed by atoms with van der Waals surface area (Å²) in [6, 6.07) is 12.6. The van der Waals surface area contributed by atoms with Crippen molar-refractivity contribution in [2.24, 2.45) is 0 Å². The highest BCUT2D eigenvalue weighted by Crippen LogP contribution is 2.38. The van der Waals surface area contributed by atoms with Crippen molar-refractivity contribution in [3.8, 4) is 16.9 Å². The van der Waals surface area contributed by atoms with Gasteiger partial charge in [0, 0.05) is 16.6 Å². The van der Waals surface area contributed by atoms with Crippen LogP contribution >= 0.6 is 11.3 Å². The van der Waals surface area contributed by atoms with Crippen molar-refractivity contribution in [2.45, 2.75) is 27.7 Å². The minimum Gasteiger partial charge on any atom is -0.494 e. The molecule has 4 nitrogen and oxygen atoms in total. The number of benzene rings is 2. The summed E-state index contributed by atoms with van der Waals surface area (Å²) >= 11 is 1.64. The summed E-state index contributed by atoms with van der Waals surface area (Å²) in [4.78, 5) is 10.0. The predicted molar refractivity (Wildman–Crippen MR) is 118 cm³/mol. The van der Waals surface area contributed by atoms with Crippen LogP contribution in [0.1, 0.15) is 23.6 Å². The highest BCUT2D eigenvalue weighted by Gasteiger charge is 2.15. The van der Waals surface area contributed by atoms with Crippen LogP contribution in [0.15, 0.2) is 48.1 Å². The molecular formula is C23H23N3OS. The van der Waals surface area contributed by atoms with Crippen LogP contribution < -0.4 is 10.1 Å². The molecule has 4 rings (SSSR count). The zero-order chi connectivity index (χ0) is 19.7. The smallest absolute Gasteiger partial charge is 0.143 e. The quantitative estimate of drug-likeness (QED) is 0.427. The Morgan fingerprint density at radius 3 is 2.39 bits per heavy atom. The number of hydrogen-bond acceptors (Lipinski definition) is 5. The van der Waals surface area contributed by atoms with Crippen LogP contribution in [0.5, 0.6) is 5.75 Å². The first kappa shape index (κ1) is 18.4. The van der Waals surface area contributed by atoms with Gasteiger partial charge in [-0.2, -0.15) is 0 Å². The van der Waals surface area contributed by atoms with Gasteiger partial charge in [0.1, 0.15) is 22.7 Å². The summed E-state index contributed by atoms with van der Waals surface area (Å²) in [5.74, 6) is 1.72. The fraction of sp³-hybridized carbons (Fsp3) is 0.217. The second kappa shape index (κ2) is 7.60. The molecule has 0 aliphatic carbocycles. The van der Waals surface area contributed by atoms with Gasteiger partial charge in [0.25, 0.3) is 0 Å². The first-order valence-corrected chi connectivity index (χ1v) is 10.2. The van der Waals surface area contributed by atoms with E-state index in [4.69, 9.17) is 4.74 Å². The van der Waals surface area contributed by atoms with Crippen LogP contribution in [0.4, 0.5) is 11.5 Å². The van der Waals surface area contributed by atoms with E-state index >= 15 is 0 Å². The van der Waals surface area contributed by atoms with Crippen LogP contribution in [0.3, 0.4) is 0 Å². The number of anilines is 2. The Bertz CT molecular complexity index is 1110. The minimum atomic E-state index is 0.665. The Hall–Kier alpha value is -2.92. The third-order valence-electron chi connectivity index (χ3n) is 4.77. The Balaban J connectivity index is 1.79. The molecule has 0 aliphatic heterocycles. The molecule has 0 spiro atoms. The number of ether oxygens (including phenoxy) is 1. The molecule has 5 heteroatoms. The number of hydrogen-bond donors (Lipinski definition) is 1. The van der Waals surface area contributed by atoms with E-state index < -0.39 is 0 Å². The van der Waals surface area contributed by atoms with E-state index in [1.807, 2.05) is 19.1 Å². The van der Waals surface area contributed by atoms with E-state index in [0.29, 0.717) is 6.61 Å².